The van der Waals surface area contributed by atoms with Crippen LogP contribution in [0.1, 0.15) is 31.6 Å². The summed E-state index contributed by atoms with van der Waals surface area (Å²) >= 11 is 3.89. The summed E-state index contributed by atoms with van der Waals surface area (Å²) in [6, 6.07) is 4.34. The zero-order chi connectivity index (χ0) is 17.3. The molecule has 1 aromatic rings. The molecule has 6 heteroatoms. The third kappa shape index (κ3) is 6.30. The van der Waals surface area contributed by atoms with Gasteiger partial charge in [-0.1, -0.05) is 19.9 Å². The maximum absolute atomic E-state index is 5.55. The van der Waals surface area contributed by atoms with E-state index in [-0.39, 0.29) is 4.75 Å². The lowest BCUT2D eigenvalue weighted by molar-refractivity contribution is 0.0782. The zero-order valence-electron chi connectivity index (χ0n) is 15.1. The van der Waals surface area contributed by atoms with Gasteiger partial charge >= 0.3 is 0 Å². The molecular weight excluding hydrogens is 338 g/mol. The molecule has 4 nitrogen and oxygen atoms in total. The smallest absolute Gasteiger partial charge is 0.191 e. The van der Waals surface area contributed by atoms with Gasteiger partial charge in [0.2, 0.25) is 0 Å². The van der Waals surface area contributed by atoms with Gasteiger partial charge in [0.25, 0.3) is 0 Å². The van der Waals surface area contributed by atoms with Gasteiger partial charge in [0.1, 0.15) is 0 Å². The first-order valence-corrected chi connectivity index (χ1v) is 10.7. The Labute approximate surface area is 154 Å². The van der Waals surface area contributed by atoms with Gasteiger partial charge in [0.05, 0.1) is 0 Å². The molecule has 1 fully saturated rings. The Morgan fingerprint density at radius 1 is 1.42 bits per heavy atom. The summed E-state index contributed by atoms with van der Waals surface area (Å²) < 4.78 is 5.83. The number of thioether (sulfide) groups is 1. The Bertz CT molecular complexity index is 479. The van der Waals surface area contributed by atoms with E-state index < -0.39 is 0 Å². The number of rotatable bonds is 8. The largest absolute Gasteiger partial charge is 0.381 e. The molecule has 1 aromatic heterocycles. The first-order valence-electron chi connectivity index (χ1n) is 8.86. The first kappa shape index (κ1) is 19.6. The summed E-state index contributed by atoms with van der Waals surface area (Å²) in [5.74, 6) is 2.64. The lowest BCUT2D eigenvalue weighted by Crippen LogP contribution is -2.48. The average Bonchev–Trinajstić information content (AvgIpc) is 3.09. The molecule has 1 aliphatic heterocycles. The second kappa shape index (κ2) is 10.3. The molecule has 2 N–H and O–H groups in total. The van der Waals surface area contributed by atoms with E-state index in [0.717, 1.165) is 57.3 Å². The van der Waals surface area contributed by atoms with Gasteiger partial charge in [0.15, 0.2) is 5.96 Å². The monoisotopic (exact) mass is 369 g/mol. The van der Waals surface area contributed by atoms with Gasteiger partial charge in [0, 0.05) is 43.0 Å². The number of aliphatic imine (C=N–C) groups is 1. The zero-order valence-corrected chi connectivity index (χ0v) is 16.8. The molecule has 1 saturated heterocycles. The van der Waals surface area contributed by atoms with E-state index in [0.29, 0.717) is 5.92 Å². The minimum Gasteiger partial charge on any atom is -0.381 e. The molecule has 0 saturated carbocycles. The van der Waals surface area contributed by atoms with Gasteiger partial charge < -0.3 is 15.4 Å². The first-order chi connectivity index (χ1) is 11.7. The molecule has 136 valence electrons. The van der Waals surface area contributed by atoms with Gasteiger partial charge in [-0.05, 0) is 42.4 Å². The van der Waals surface area contributed by atoms with Crippen LogP contribution >= 0.6 is 23.1 Å². The molecule has 1 atom stereocenters. The van der Waals surface area contributed by atoms with Gasteiger partial charge in [-0.25, -0.2) is 0 Å². The van der Waals surface area contributed by atoms with Crippen LogP contribution in [0.2, 0.25) is 0 Å². The van der Waals surface area contributed by atoms with Crippen molar-refractivity contribution < 1.29 is 4.74 Å². The van der Waals surface area contributed by atoms with Crippen molar-refractivity contribution in [3.8, 4) is 0 Å². The van der Waals surface area contributed by atoms with Crippen LogP contribution in [-0.2, 0) is 11.2 Å². The Morgan fingerprint density at radius 3 is 2.83 bits per heavy atom. The highest BCUT2D eigenvalue weighted by Gasteiger charge is 2.32. The standard InChI is InChI=1S/C18H31N3OS2/c1-4-24-18(7-9-22-10-8-18)14-21-17(19-3)20-13-15(2)12-16-6-5-11-23-16/h5-6,11,15H,4,7-10,12-14H2,1-3H3,(H2,19,20,21). The lowest BCUT2D eigenvalue weighted by Gasteiger charge is -2.37. The average molecular weight is 370 g/mol. The van der Waals surface area contributed by atoms with E-state index in [1.165, 1.54) is 4.88 Å². The van der Waals surface area contributed by atoms with Crippen molar-refractivity contribution in [2.75, 3.05) is 39.1 Å². The fraction of sp³-hybridized carbons (Fsp3) is 0.722. The molecule has 1 unspecified atom stereocenters. The number of thiophene rings is 1. The maximum atomic E-state index is 5.55. The highest BCUT2D eigenvalue weighted by molar-refractivity contribution is 8.00. The fourth-order valence-corrected chi connectivity index (χ4v) is 5.11. The Kier molecular flexibility index (Phi) is 8.42. The van der Waals surface area contributed by atoms with E-state index in [9.17, 15) is 0 Å². The highest BCUT2D eigenvalue weighted by atomic mass is 32.2. The Morgan fingerprint density at radius 2 is 2.21 bits per heavy atom. The molecule has 1 aliphatic rings. The second-order valence-corrected chi connectivity index (χ2v) is 9.19. The number of ether oxygens (including phenoxy) is 1. The number of nitrogens with one attached hydrogen (secondary N) is 2. The van der Waals surface area contributed by atoms with Crippen LogP contribution in [0.15, 0.2) is 22.5 Å². The summed E-state index contributed by atoms with van der Waals surface area (Å²) in [5.41, 5.74) is 0. The van der Waals surface area contributed by atoms with Crippen molar-refractivity contribution in [3.63, 3.8) is 0 Å². The van der Waals surface area contributed by atoms with E-state index in [1.54, 1.807) is 0 Å². The van der Waals surface area contributed by atoms with Gasteiger partial charge in [-0.2, -0.15) is 11.8 Å². The third-order valence-electron chi connectivity index (χ3n) is 4.40. The molecule has 24 heavy (non-hydrogen) atoms. The van der Waals surface area contributed by atoms with E-state index >= 15 is 0 Å². The molecule has 0 bridgehead atoms. The van der Waals surface area contributed by atoms with Crippen LogP contribution in [0.3, 0.4) is 0 Å². The van der Waals surface area contributed by atoms with Gasteiger partial charge in [-0.3, -0.25) is 4.99 Å². The van der Waals surface area contributed by atoms with Crippen molar-refractivity contribution in [1.29, 1.82) is 0 Å². The van der Waals surface area contributed by atoms with Crippen LogP contribution in [0.5, 0.6) is 0 Å². The van der Waals surface area contributed by atoms with Crippen molar-refractivity contribution >= 4 is 29.1 Å². The molecular formula is C18H31N3OS2. The van der Waals surface area contributed by atoms with Crippen molar-refractivity contribution in [1.82, 2.24) is 10.6 Å². The maximum Gasteiger partial charge on any atom is 0.191 e. The second-order valence-electron chi connectivity index (χ2n) is 6.42. The third-order valence-corrected chi connectivity index (χ3v) is 6.76. The summed E-state index contributed by atoms with van der Waals surface area (Å²) in [7, 11) is 1.85. The van der Waals surface area contributed by atoms with Gasteiger partial charge in [-0.15, -0.1) is 11.3 Å². The predicted octanol–water partition coefficient (Wildman–Crippen LogP) is 3.39. The van der Waals surface area contributed by atoms with Crippen LogP contribution in [0, 0.1) is 5.92 Å². The predicted molar refractivity (Wildman–Crippen MR) is 107 cm³/mol. The normalized spacial score (nSPS) is 19.0. The summed E-state index contributed by atoms with van der Waals surface area (Å²) in [6.45, 7) is 8.16. The topological polar surface area (TPSA) is 45.7 Å². The van der Waals surface area contributed by atoms with Crippen LogP contribution < -0.4 is 10.6 Å². The fourth-order valence-electron chi connectivity index (χ4n) is 3.00. The highest BCUT2D eigenvalue weighted by Crippen LogP contribution is 2.34. The molecule has 2 heterocycles. The number of guanidine groups is 1. The van der Waals surface area contributed by atoms with Crippen LogP contribution in [0.4, 0.5) is 0 Å². The van der Waals surface area contributed by atoms with Crippen LogP contribution in [-0.4, -0.2) is 49.8 Å². The van der Waals surface area contributed by atoms with Crippen molar-refractivity contribution in [2.24, 2.45) is 10.9 Å². The lowest BCUT2D eigenvalue weighted by atomic mass is 9.99. The number of hydrogen-bond donors (Lipinski definition) is 2. The quantitative estimate of drug-likeness (QED) is 0.545. The Balaban J connectivity index is 1.76. The number of hydrogen-bond acceptors (Lipinski definition) is 4. The molecule has 2 rings (SSSR count). The number of nitrogens with zero attached hydrogens (tertiary/aromatic N) is 1. The molecule has 0 aromatic carbocycles. The summed E-state index contributed by atoms with van der Waals surface area (Å²) in [4.78, 5) is 5.84. The molecule has 0 radical (unpaired) electrons. The molecule has 0 aliphatic carbocycles. The minimum atomic E-state index is 0.285. The van der Waals surface area contributed by atoms with E-state index in [4.69, 9.17) is 4.74 Å². The molecule has 0 amide bonds. The van der Waals surface area contributed by atoms with Crippen molar-refractivity contribution in [2.45, 2.75) is 37.9 Å². The Hall–Kier alpha value is -0.720. The summed E-state index contributed by atoms with van der Waals surface area (Å²) in [5, 5.41) is 9.18. The van der Waals surface area contributed by atoms with Crippen LogP contribution in [0.25, 0.3) is 0 Å². The van der Waals surface area contributed by atoms with E-state index in [2.05, 4.69) is 58.7 Å². The van der Waals surface area contributed by atoms with Crippen molar-refractivity contribution in [3.05, 3.63) is 22.4 Å². The van der Waals surface area contributed by atoms with E-state index in [1.807, 2.05) is 18.4 Å². The minimum absolute atomic E-state index is 0.285. The molecule has 0 spiro atoms. The SMILES string of the molecule is CCSC1(CNC(=NC)NCC(C)Cc2cccs2)CCOCC1. The summed E-state index contributed by atoms with van der Waals surface area (Å²) in [6.07, 6.45) is 3.35.